The topological polar surface area (TPSA) is 63.1 Å². The molecule has 80 valence electrons. The summed E-state index contributed by atoms with van der Waals surface area (Å²) >= 11 is 0. The maximum Gasteiger partial charge on any atom is 0.317 e. The molecule has 0 saturated heterocycles. The van der Waals surface area contributed by atoms with Gasteiger partial charge in [-0.05, 0) is 24.8 Å². The number of nitrogens with zero attached hydrogens (tertiary/aromatic N) is 2. The lowest BCUT2D eigenvalue weighted by atomic mass is 10.1. The summed E-state index contributed by atoms with van der Waals surface area (Å²) in [6.07, 6.45) is 2.97. The highest BCUT2D eigenvalue weighted by Gasteiger charge is 2.54. The first-order valence-corrected chi connectivity index (χ1v) is 5.13. The molecule has 1 aromatic heterocycles. The molecule has 0 amide bonds. The van der Waals surface area contributed by atoms with Gasteiger partial charge in [0.15, 0.2) is 0 Å². The van der Waals surface area contributed by atoms with Crippen molar-refractivity contribution >= 4 is 5.97 Å². The fourth-order valence-electron chi connectivity index (χ4n) is 1.58. The Bertz CT molecular complexity index is 397. The average molecular weight is 206 g/mol. The number of carboxylic acids is 1. The number of aromatic nitrogens is 2. The molecule has 1 aromatic rings. The maximum atomic E-state index is 11.1. The smallest absolute Gasteiger partial charge is 0.317 e. The molecular weight excluding hydrogens is 192 g/mol. The lowest BCUT2D eigenvalue weighted by Crippen LogP contribution is -2.23. The molecule has 15 heavy (non-hydrogen) atoms. The Hall–Kier alpha value is -1.45. The summed E-state index contributed by atoms with van der Waals surface area (Å²) in [4.78, 5) is 19.5. The van der Waals surface area contributed by atoms with E-state index in [1.165, 1.54) is 0 Å². The van der Waals surface area contributed by atoms with Gasteiger partial charge in [-0.2, -0.15) is 0 Å². The van der Waals surface area contributed by atoms with Crippen LogP contribution in [-0.4, -0.2) is 21.0 Å². The second-order valence-corrected chi connectivity index (χ2v) is 4.35. The Labute approximate surface area is 88.4 Å². The molecule has 4 nitrogen and oxygen atoms in total. The van der Waals surface area contributed by atoms with Gasteiger partial charge in [0.1, 0.15) is 11.2 Å². The first-order valence-electron chi connectivity index (χ1n) is 5.13. The number of aliphatic carboxylic acids is 1. The van der Waals surface area contributed by atoms with Gasteiger partial charge in [0.2, 0.25) is 0 Å². The second kappa shape index (κ2) is 3.29. The zero-order valence-corrected chi connectivity index (χ0v) is 8.90. The molecule has 1 aliphatic rings. The largest absolute Gasteiger partial charge is 0.480 e. The Morgan fingerprint density at radius 3 is 2.67 bits per heavy atom. The van der Waals surface area contributed by atoms with E-state index in [2.05, 4.69) is 9.97 Å². The third kappa shape index (κ3) is 1.60. The van der Waals surface area contributed by atoms with Gasteiger partial charge in [-0.1, -0.05) is 13.8 Å². The summed E-state index contributed by atoms with van der Waals surface area (Å²) in [6.45, 7) is 4.07. The summed E-state index contributed by atoms with van der Waals surface area (Å²) in [6, 6.07) is 1.84. The molecule has 4 heteroatoms. The Morgan fingerprint density at radius 2 is 2.20 bits per heavy atom. The van der Waals surface area contributed by atoms with Crippen LogP contribution in [0.4, 0.5) is 0 Å². The molecule has 1 N–H and O–H groups in total. The molecule has 0 aliphatic heterocycles. The normalized spacial score (nSPS) is 17.8. The lowest BCUT2D eigenvalue weighted by molar-refractivity contribution is -0.140. The molecule has 1 saturated carbocycles. The van der Waals surface area contributed by atoms with Crippen molar-refractivity contribution < 1.29 is 9.90 Å². The van der Waals surface area contributed by atoms with Gasteiger partial charge in [0.05, 0.1) is 0 Å². The molecule has 1 heterocycles. The van der Waals surface area contributed by atoms with Gasteiger partial charge in [0.25, 0.3) is 0 Å². The van der Waals surface area contributed by atoms with Crippen LogP contribution < -0.4 is 0 Å². The maximum absolute atomic E-state index is 11.1. The lowest BCUT2D eigenvalue weighted by Gasteiger charge is -2.10. The standard InChI is InChI=1S/C11H14N2O2/c1-7(2)8-3-6-12-9(13-8)11(4-5-11)10(14)15/h3,6-7H,4-5H2,1-2H3,(H,14,15). The first kappa shape index (κ1) is 10.1. The number of hydrogen-bond acceptors (Lipinski definition) is 3. The number of carbonyl (C=O) groups is 1. The second-order valence-electron chi connectivity index (χ2n) is 4.35. The van der Waals surface area contributed by atoms with Crippen molar-refractivity contribution in [1.82, 2.24) is 9.97 Å². The molecule has 0 atom stereocenters. The molecule has 2 rings (SSSR count). The van der Waals surface area contributed by atoms with Crippen LogP contribution in [0, 0.1) is 0 Å². The zero-order valence-electron chi connectivity index (χ0n) is 8.90. The van der Waals surface area contributed by atoms with Crippen molar-refractivity contribution in [3.8, 4) is 0 Å². The van der Waals surface area contributed by atoms with E-state index in [4.69, 9.17) is 5.11 Å². The van der Waals surface area contributed by atoms with Crippen LogP contribution in [0.25, 0.3) is 0 Å². The minimum atomic E-state index is -0.802. The highest BCUT2D eigenvalue weighted by atomic mass is 16.4. The van der Waals surface area contributed by atoms with E-state index in [0.29, 0.717) is 24.6 Å². The fourth-order valence-corrected chi connectivity index (χ4v) is 1.58. The SMILES string of the molecule is CC(C)c1ccnc(C2(C(=O)O)CC2)n1. The van der Waals surface area contributed by atoms with E-state index >= 15 is 0 Å². The van der Waals surface area contributed by atoms with Crippen LogP contribution in [0.5, 0.6) is 0 Å². The van der Waals surface area contributed by atoms with Gasteiger partial charge in [0, 0.05) is 11.9 Å². The molecule has 1 aliphatic carbocycles. The summed E-state index contributed by atoms with van der Waals surface area (Å²) in [5.41, 5.74) is 0.123. The van der Waals surface area contributed by atoms with E-state index in [0.717, 1.165) is 5.69 Å². The molecule has 1 fully saturated rings. The van der Waals surface area contributed by atoms with Gasteiger partial charge >= 0.3 is 5.97 Å². The van der Waals surface area contributed by atoms with Crippen molar-refractivity contribution in [2.24, 2.45) is 0 Å². The summed E-state index contributed by atoms with van der Waals surface area (Å²) in [5.74, 6) is -0.0269. The third-order valence-electron chi connectivity index (χ3n) is 2.86. The highest BCUT2D eigenvalue weighted by Crippen LogP contribution is 2.46. The van der Waals surface area contributed by atoms with Gasteiger partial charge < -0.3 is 5.11 Å². The monoisotopic (exact) mass is 206 g/mol. The van der Waals surface area contributed by atoms with Crippen LogP contribution >= 0.6 is 0 Å². The van der Waals surface area contributed by atoms with Crippen molar-refractivity contribution in [3.05, 3.63) is 23.8 Å². The minimum absolute atomic E-state index is 0.302. The molecule has 0 spiro atoms. The predicted molar refractivity (Wildman–Crippen MR) is 54.7 cm³/mol. The van der Waals surface area contributed by atoms with Gasteiger partial charge in [-0.25, -0.2) is 9.97 Å². The van der Waals surface area contributed by atoms with Crippen molar-refractivity contribution in [2.75, 3.05) is 0 Å². The molecule has 0 aromatic carbocycles. The highest BCUT2D eigenvalue weighted by molar-refractivity contribution is 5.83. The number of rotatable bonds is 3. The Balaban J connectivity index is 2.37. The number of carboxylic acid groups (broad SMARTS) is 1. The van der Waals surface area contributed by atoms with Crippen molar-refractivity contribution in [1.29, 1.82) is 0 Å². The summed E-state index contributed by atoms with van der Waals surface area (Å²) < 4.78 is 0. The van der Waals surface area contributed by atoms with E-state index in [1.807, 2.05) is 19.9 Å². The van der Waals surface area contributed by atoms with Crippen LogP contribution in [0.3, 0.4) is 0 Å². The minimum Gasteiger partial charge on any atom is -0.480 e. The summed E-state index contributed by atoms with van der Waals surface area (Å²) in [7, 11) is 0. The predicted octanol–water partition coefficient (Wildman–Crippen LogP) is 1.72. The van der Waals surface area contributed by atoms with Gasteiger partial charge in [-0.3, -0.25) is 4.79 Å². The van der Waals surface area contributed by atoms with Crippen LogP contribution in [0.2, 0.25) is 0 Å². The summed E-state index contributed by atoms with van der Waals surface area (Å²) in [5, 5.41) is 9.11. The Kier molecular flexibility index (Phi) is 2.21. The van der Waals surface area contributed by atoms with Crippen LogP contribution in [0.1, 0.15) is 44.1 Å². The number of hydrogen-bond donors (Lipinski definition) is 1. The van der Waals surface area contributed by atoms with E-state index in [9.17, 15) is 4.79 Å². The fraction of sp³-hybridized carbons (Fsp3) is 0.545. The first-order chi connectivity index (χ1) is 7.06. The van der Waals surface area contributed by atoms with Crippen LogP contribution in [-0.2, 0) is 10.2 Å². The zero-order chi connectivity index (χ0) is 11.1. The van der Waals surface area contributed by atoms with E-state index in [1.54, 1.807) is 6.20 Å². The molecule has 0 bridgehead atoms. The quantitative estimate of drug-likeness (QED) is 0.817. The molecule has 0 radical (unpaired) electrons. The molecular formula is C11H14N2O2. The van der Waals surface area contributed by atoms with E-state index in [-0.39, 0.29) is 0 Å². The van der Waals surface area contributed by atoms with Crippen molar-refractivity contribution in [3.63, 3.8) is 0 Å². The molecule has 0 unspecified atom stereocenters. The average Bonchev–Trinajstić information content (AvgIpc) is 2.98. The third-order valence-corrected chi connectivity index (χ3v) is 2.86. The van der Waals surface area contributed by atoms with E-state index < -0.39 is 11.4 Å². The van der Waals surface area contributed by atoms with Gasteiger partial charge in [-0.15, -0.1) is 0 Å². The van der Waals surface area contributed by atoms with Crippen molar-refractivity contribution in [2.45, 2.75) is 38.0 Å². The van der Waals surface area contributed by atoms with Crippen LogP contribution in [0.15, 0.2) is 12.3 Å². The Morgan fingerprint density at radius 1 is 1.53 bits per heavy atom.